The summed E-state index contributed by atoms with van der Waals surface area (Å²) in [4.78, 5) is 6.84. The predicted octanol–water partition coefficient (Wildman–Crippen LogP) is 3.15. The third-order valence-corrected chi connectivity index (χ3v) is 4.38. The largest absolute Gasteiger partial charge is 0.496 e. The van der Waals surface area contributed by atoms with Crippen molar-refractivity contribution in [3.8, 4) is 5.75 Å². The monoisotopic (exact) mass is 491 g/mol. The summed E-state index contributed by atoms with van der Waals surface area (Å²) in [5, 5.41) is 3.35. The molecule has 154 valence electrons. The third kappa shape index (κ3) is 8.66. The number of aliphatic imine (C=N–C) groups is 1. The fourth-order valence-corrected chi connectivity index (χ4v) is 2.95. The molecule has 0 amide bonds. The van der Waals surface area contributed by atoms with Crippen LogP contribution in [0, 0.1) is 5.92 Å². The van der Waals surface area contributed by atoms with E-state index in [0.29, 0.717) is 5.92 Å². The van der Waals surface area contributed by atoms with E-state index < -0.39 is 0 Å². The van der Waals surface area contributed by atoms with Crippen LogP contribution in [0.3, 0.4) is 0 Å². The third-order valence-electron chi connectivity index (χ3n) is 4.38. The molecule has 1 unspecified atom stereocenters. The fraction of sp³-hybridized carbons (Fsp3) is 0.650. The molecular formula is C20H34IN3O3. The molecule has 0 aliphatic carbocycles. The Kier molecular flexibility index (Phi) is 12.4. The van der Waals surface area contributed by atoms with Gasteiger partial charge in [0.2, 0.25) is 0 Å². The molecule has 1 aliphatic rings. The summed E-state index contributed by atoms with van der Waals surface area (Å²) in [6.45, 7) is 7.69. The van der Waals surface area contributed by atoms with Crippen LogP contribution in [-0.2, 0) is 16.0 Å². The molecule has 1 aliphatic heterocycles. The van der Waals surface area contributed by atoms with Gasteiger partial charge in [-0.25, -0.2) is 0 Å². The van der Waals surface area contributed by atoms with E-state index in [9.17, 15) is 0 Å². The molecule has 0 bridgehead atoms. The predicted molar refractivity (Wildman–Crippen MR) is 120 cm³/mol. The van der Waals surface area contributed by atoms with Gasteiger partial charge in [-0.15, -0.1) is 24.0 Å². The molecule has 0 radical (unpaired) electrons. The topological polar surface area (TPSA) is 55.3 Å². The Bertz CT molecular complexity index is 551. The number of halogens is 1. The maximum absolute atomic E-state index is 5.75. The highest BCUT2D eigenvalue weighted by Gasteiger charge is 2.15. The van der Waals surface area contributed by atoms with E-state index in [1.165, 1.54) is 0 Å². The second kappa shape index (κ2) is 14.0. The molecule has 1 saturated heterocycles. The van der Waals surface area contributed by atoms with E-state index in [4.69, 9.17) is 19.2 Å². The van der Waals surface area contributed by atoms with Crippen molar-refractivity contribution in [1.82, 2.24) is 10.2 Å². The van der Waals surface area contributed by atoms with Crippen LogP contribution in [0.4, 0.5) is 0 Å². The molecule has 1 atom stereocenters. The molecule has 1 aromatic rings. The van der Waals surface area contributed by atoms with Crippen molar-refractivity contribution in [1.29, 1.82) is 0 Å². The maximum Gasteiger partial charge on any atom is 0.193 e. The zero-order valence-electron chi connectivity index (χ0n) is 16.8. The summed E-state index contributed by atoms with van der Waals surface area (Å²) in [6, 6.07) is 8.08. The molecule has 7 heteroatoms. The van der Waals surface area contributed by atoms with Crippen LogP contribution >= 0.6 is 24.0 Å². The lowest BCUT2D eigenvalue weighted by Gasteiger charge is -2.23. The highest BCUT2D eigenvalue weighted by Crippen LogP contribution is 2.18. The van der Waals surface area contributed by atoms with Gasteiger partial charge in [0.25, 0.3) is 0 Å². The molecule has 27 heavy (non-hydrogen) atoms. The first-order chi connectivity index (χ1) is 12.7. The van der Waals surface area contributed by atoms with Crippen LogP contribution in [0.15, 0.2) is 29.3 Å². The van der Waals surface area contributed by atoms with Gasteiger partial charge in [0, 0.05) is 51.4 Å². The Balaban J connectivity index is 0.00000364. The van der Waals surface area contributed by atoms with Crippen molar-refractivity contribution in [2.75, 3.05) is 53.7 Å². The van der Waals surface area contributed by atoms with Gasteiger partial charge in [0.05, 0.1) is 20.3 Å². The Morgan fingerprint density at radius 2 is 2.19 bits per heavy atom. The van der Waals surface area contributed by atoms with Crippen molar-refractivity contribution in [2.45, 2.75) is 26.3 Å². The quantitative estimate of drug-likeness (QED) is 0.236. The lowest BCUT2D eigenvalue weighted by atomic mass is 10.1. The normalized spacial score (nSPS) is 16.7. The summed E-state index contributed by atoms with van der Waals surface area (Å²) >= 11 is 0. The average Bonchev–Trinajstić information content (AvgIpc) is 3.17. The Hall–Kier alpha value is -1.06. The number of methoxy groups -OCH3 is 1. The van der Waals surface area contributed by atoms with Gasteiger partial charge in [-0.1, -0.05) is 18.2 Å². The van der Waals surface area contributed by atoms with Crippen LogP contribution in [0.1, 0.15) is 25.3 Å². The van der Waals surface area contributed by atoms with Crippen molar-refractivity contribution in [3.05, 3.63) is 29.8 Å². The first kappa shape index (κ1) is 24.0. The van der Waals surface area contributed by atoms with E-state index in [0.717, 1.165) is 76.2 Å². The van der Waals surface area contributed by atoms with Crippen LogP contribution in [-0.4, -0.2) is 64.5 Å². The summed E-state index contributed by atoms with van der Waals surface area (Å²) in [5.74, 6) is 2.38. The van der Waals surface area contributed by atoms with E-state index in [-0.39, 0.29) is 24.0 Å². The minimum Gasteiger partial charge on any atom is -0.496 e. The first-order valence-corrected chi connectivity index (χ1v) is 9.51. The Morgan fingerprint density at radius 1 is 1.37 bits per heavy atom. The minimum absolute atomic E-state index is 0. The maximum atomic E-state index is 5.75. The number of ether oxygens (including phenoxy) is 3. The molecule has 0 saturated carbocycles. The SMILES string of the molecule is CCNC(=NCCCOCC1CCOC1)N(C)Cc1ccccc1OC.I. The van der Waals surface area contributed by atoms with Gasteiger partial charge >= 0.3 is 0 Å². The lowest BCUT2D eigenvalue weighted by molar-refractivity contribution is 0.0893. The van der Waals surface area contributed by atoms with E-state index in [1.807, 2.05) is 25.2 Å². The van der Waals surface area contributed by atoms with Crippen molar-refractivity contribution in [2.24, 2.45) is 10.9 Å². The molecule has 1 N–H and O–H groups in total. The molecule has 2 rings (SSSR count). The highest BCUT2D eigenvalue weighted by atomic mass is 127. The molecule has 1 fully saturated rings. The van der Waals surface area contributed by atoms with E-state index in [1.54, 1.807) is 7.11 Å². The minimum atomic E-state index is 0. The van der Waals surface area contributed by atoms with Gasteiger partial charge in [-0.05, 0) is 25.8 Å². The van der Waals surface area contributed by atoms with Gasteiger partial charge in [0.1, 0.15) is 5.75 Å². The van der Waals surface area contributed by atoms with Crippen LogP contribution in [0.25, 0.3) is 0 Å². The molecule has 6 nitrogen and oxygen atoms in total. The summed E-state index contributed by atoms with van der Waals surface area (Å²) in [6.07, 6.45) is 2.04. The zero-order valence-corrected chi connectivity index (χ0v) is 19.1. The molecule has 1 heterocycles. The fourth-order valence-electron chi connectivity index (χ4n) is 2.95. The standard InChI is InChI=1S/C20H33N3O3.HI/c1-4-21-20(22-11-7-12-25-15-17-10-13-26-16-17)23(2)14-18-8-5-6-9-19(18)24-3;/h5-6,8-9,17H,4,7,10-16H2,1-3H3,(H,21,22);1H. The lowest BCUT2D eigenvalue weighted by Crippen LogP contribution is -2.38. The molecule has 0 spiro atoms. The Morgan fingerprint density at radius 3 is 2.89 bits per heavy atom. The number of benzene rings is 1. The van der Waals surface area contributed by atoms with Crippen molar-refractivity contribution in [3.63, 3.8) is 0 Å². The van der Waals surface area contributed by atoms with Gasteiger partial charge < -0.3 is 24.4 Å². The Labute approximate surface area is 180 Å². The van der Waals surface area contributed by atoms with E-state index in [2.05, 4.69) is 23.2 Å². The van der Waals surface area contributed by atoms with Crippen LogP contribution < -0.4 is 10.1 Å². The van der Waals surface area contributed by atoms with Crippen molar-refractivity contribution >= 4 is 29.9 Å². The first-order valence-electron chi connectivity index (χ1n) is 9.51. The average molecular weight is 491 g/mol. The number of guanidine groups is 1. The molecular weight excluding hydrogens is 457 g/mol. The van der Waals surface area contributed by atoms with E-state index >= 15 is 0 Å². The summed E-state index contributed by atoms with van der Waals surface area (Å²) in [5.41, 5.74) is 1.14. The molecule has 1 aromatic carbocycles. The highest BCUT2D eigenvalue weighted by molar-refractivity contribution is 14.0. The summed E-state index contributed by atoms with van der Waals surface area (Å²) in [7, 11) is 3.75. The smallest absolute Gasteiger partial charge is 0.193 e. The molecule has 0 aromatic heterocycles. The van der Waals surface area contributed by atoms with Gasteiger partial charge in [-0.2, -0.15) is 0 Å². The number of hydrogen-bond donors (Lipinski definition) is 1. The van der Waals surface area contributed by atoms with Crippen LogP contribution in [0.5, 0.6) is 5.75 Å². The number of para-hydroxylation sites is 1. The second-order valence-corrected chi connectivity index (χ2v) is 6.56. The second-order valence-electron chi connectivity index (χ2n) is 6.56. The number of hydrogen-bond acceptors (Lipinski definition) is 4. The van der Waals surface area contributed by atoms with Gasteiger partial charge in [0.15, 0.2) is 5.96 Å². The zero-order chi connectivity index (χ0) is 18.6. The van der Waals surface area contributed by atoms with Gasteiger partial charge in [-0.3, -0.25) is 4.99 Å². The number of rotatable bonds is 10. The summed E-state index contributed by atoms with van der Waals surface area (Å²) < 4.78 is 16.5. The van der Waals surface area contributed by atoms with Crippen LogP contribution in [0.2, 0.25) is 0 Å². The van der Waals surface area contributed by atoms with Crippen molar-refractivity contribution < 1.29 is 14.2 Å². The number of nitrogens with one attached hydrogen (secondary N) is 1. The number of nitrogens with zero attached hydrogens (tertiary/aromatic N) is 2.